The smallest absolute Gasteiger partial charge is 0.235 e. The summed E-state index contributed by atoms with van der Waals surface area (Å²) in [5.74, 6) is 0.141. The highest BCUT2D eigenvalue weighted by atomic mass is 32.2. The van der Waals surface area contributed by atoms with Crippen molar-refractivity contribution in [2.24, 2.45) is 5.73 Å². The predicted octanol–water partition coefficient (Wildman–Crippen LogP) is 0.329. The molecule has 0 saturated heterocycles. The van der Waals surface area contributed by atoms with E-state index < -0.39 is 10.0 Å². The monoisotopic (exact) mass is 224 g/mol. The number of hydroxylamine groups is 1. The molecule has 0 aliphatic carbocycles. The molecule has 0 bridgehead atoms. The van der Waals surface area contributed by atoms with Crippen LogP contribution in [0.1, 0.15) is 25.7 Å². The maximum atomic E-state index is 11.4. The van der Waals surface area contributed by atoms with E-state index in [-0.39, 0.29) is 5.75 Å². The number of nitrogens with two attached hydrogens (primary N) is 1. The second kappa shape index (κ2) is 7.17. The van der Waals surface area contributed by atoms with Crippen LogP contribution in [0.15, 0.2) is 0 Å². The normalized spacial score (nSPS) is 12.3. The molecule has 0 fully saturated rings. The van der Waals surface area contributed by atoms with Crippen molar-refractivity contribution in [3.63, 3.8) is 0 Å². The van der Waals surface area contributed by atoms with Gasteiger partial charge in [0.15, 0.2) is 0 Å². The zero-order valence-electron chi connectivity index (χ0n) is 8.90. The fraction of sp³-hybridized carbons (Fsp3) is 1.00. The van der Waals surface area contributed by atoms with Crippen LogP contribution in [0.5, 0.6) is 0 Å². The molecule has 0 atom stereocenters. The molecule has 0 spiro atoms. The number of nitrogens with zero attached hydrogens (tertiary/aromatic N) is 1. The SMILES string of the molecule is CON(C)S(=O)(=O)CCCCCCN. The fourth-order valence-electron chi connectivity index (χ4n) is 1.02. The van der Waals surface area contributed by atoms with E-state index in [0.29, 0.717) is 13.0 Å². The van der Waals surface area contributed by atoms with Gasteiger partial charge in [0.1, 0.15) is 0 Å². The average Bonchev–Trinajstić information content (AvgIpc) is 2.16. The summed E-state index contributed by atoms with van der Waals surface area (Å²) in [6, 6.07) is 0. The van der Waals surface area contributed by atoms with Crippen molar-refractivity contribution < 1.29 is 13.3 Å². The highest BCUT2D eigenvalue weighted by Gasteiger charge is 2.16. The largest absolute Gasteiger partial charge is 0.330 e. The molecule has 0 aliphatic heterocycles. The van der Waals surface area contributed by atoms with Crippen LogP contribution < -0.4 is 5.73 Å². The van der Waals surface area contributed by atoms with Gasteiger partial charge in [0.2, 0.25) is 10.0 Å². The van der Waals surface area contributed by atoms with Crippen LogP contribution in [0.3, 0.4) is 0 Å². The van der Waals surface area contributed by atoms with E-state index in [9.17, 15) is 8.42 Å². The molecule has 0 aromatic heterocycles. The molecule has 86 valence electrons. The maximum Gasteiger partial charge on any atom is 0.235 e. The van der Waals surface area contributed by atoms with Crippen molar-refractivity contribution in [1.29, 1.82) is 0 Å². The fourth-order valence-corrected chi connectivity index (χ4v) is 2.08. The van der Waals surface area contributed by atoms with Gasteiger partial charge < -0.3 is 5.73 Å². The van der Waals surface area contributed by atoms with Crippen molar-refractivity contribution in [2.75, 3.05) is 26.5 Å². The lowest BCUT2D eigenvalue weighted by atomic mass is 10.2. The lowest BCUT2D eigenvalue weighted by Gasteiger charge is -2.13. The summed E-state index contributed by atoms with van der Waals surface area (Å²) < 4.78 is 23.6. The molecule has 0 aliphatic rings. The molecule has 6 heteroatoms. The minimum atomic E-state index is -3.22. The summed E-state index contributed by atoms with van der Waals surface area (Å²) in [5.41, 5.74) is 5.32. The molecule has 2 N–H and O–H groups in total. The molecule has 0 aromatic carbocycles. The lowest BCUT2D eigenvalue weighted by Crippen LogP contribution is -2.28. The standard InChI is InChI=1S/C8H20N2O3S/c1-10(13-2)14(11,12)8-6-4-3-5-7-9/h3-9H2,1-2H3. The molecule has 0 heterocycles. The summed E-state index contributed by atoms with van der Waals surface area (Å²) in [7, 11) is -0.480. The Labute approximate surface area is 86.2 Å². The van der Waals surface area contributed by atoms with Crippen molar-refractivity contribution in [2.45, 2.75) is 25.7 Å². The molecule has 0 rings (SSSR count). The maximum absolute atomic E-state index is 11.4. The summed E-state index contributed by atoms with van der Waals surface area (Å²) in [6.45, 7) is 0.671. The summed E-state index contributed by atoms with van der Waals surface area (Å²) >= 11 is 0. The number of hydrogen-bond acceptors (Lipinski definition) is 4. The van der Waals surface area contributed by atoms with Gasteiger partial charge in [0, 0.05) is 7.05 Å². The molecule has 0 amide bonds. The minimum Gasteiger partial charge on any atom is -0.330 e. The summed E-state index contributed by atoms with van der Waals surface area (Å²) in [4.78, 5) is 4.62. The van der Waals surface area contributed by atoms with Gasteiger partial charge in [-0.1, -0.05) is 17.3 Å². The number of unbranched alkanes of at least 4 members (excludes halogenated alkanes) is 3. The Morgan fingerprint density at radius 2 is 1.79 bits per heavy atom. The highest BCUT2D eigenvalue weighted by Crippen LogP contribution is 2.05. The van der Waals surface area contributed by atoms with Gasteiger partial charge in [-0.25, -0.2) is 8.42 Å². The first-order valence-electron chi connectivity index (χ1n) is 4.75. The highest BCUT2D eigenvalue weighted by molar-refractivity contribution is 7.88. The van der Waals surface area contributed by atoms with E-state index in [2.05, 4.69) is 4.84 Å². The second-order valence-corrected chi connectivity index (χ2v) is 5.20. The third-order valence-corrected chi connectivity index (χ3v) is 3.74. The van der Waals surface area contributed by atoms with Crippen LogP contribution in [0.25, 0.3) is 0 Å². The summed E-state index contributed by atoms with van der Waals surface area (Å²) in [6.07, 6.45) is 3.51. The van der Waals surface area contributed by atoms with E-state index in [1.165, 1.54) is 14.2 Å². The molecule has 0 radical (unpaired) electrons. The zero-order valence-corrected chi connectivity index (χ0v) is 9.72. The Hall–Kier alpha value is -0.170. The van der Waals surface area contributed by atoms with Crippen LogP contribution in [-0.2, 0) is 14.9 Å². The topological polar surface area (TPSA) is 72.6 Å². The van der Waals surface area contributed by atoms with E-state index in [0.717, 1.165) is 23.7 Å². The van der Waals surface area contributed by atoms with Crippen molar-refractivity contribution in [3.8, 4) is 0 Å². The summed E-state index contributed by atoms with van der Waals surface area (Å²) in [5, 5.41) is 0. The Bertz CT molecular complexity index is 229. The number of sulfonamides is 1. The first-order chi connectivity index (χ1) is 6.54. The lowest BCUT2D eigenvalue weighted by molar-refractivity contribution is -0.0258. The van der Waals surface area contributed by atoms with Crippen LogP contribution in [0.4, 0.5) is 0 Å². The van der Waals surface area contributed by atoms with E-state index >= 15 is 0 Å². The first-order valence-corrected chi connectivity index (χ1v) is 6.36. The Morgan fingerprint density at radius 3 is 2.29 bits per heavy atom. The Balaban J connectivity index is 3.67. The number of hydrogen-bond donors (Lipinski definition) is 1. The third kappa shape index (κ3) is 5.54. The quantitative estimate of drug-likeness (QED) is 0.476. The molecular weight excluding hydrogens is 204 g/mol. The van der Waals surface area contributed by atoms with Gasteiger partial charge in [-0.2, -0.15) is 0 Å². The molecular formula is C8H20N2O3S. The first kappa shape index (κ1) is 13.8. The van der Waals surface area contributed by atoms with Gasteiger partial charge in [-0.05, 0) is 19.4 Å². The zero-order chi connectivity index (χ0) is 11.0. The molecule has 0 saturated carbocycles. The van der Waals surface area contributed by atoms with Gasteiger partial charge in [-0.3, -0.25) is 4.84 Å². The van der Waals surface area contributed by atoms with Crippen molar-refractivity contribution >= 4 is 10.0 Å². The van der Waals surface area contributed by atoms with Gasteiger partial charge in [-0.15, -0.1) is 0 Å². The number of rotatable bonds is 8. The van der Waals surface area contributed by atoms with E-state index in [1.54, 1.807) is 0 Å². The molecule has 5 nitrogen and oxygen atoms in total. The van der Waals surface area contributed by atoms with Gasteiger partial charge in [0.05, 0.1) is 12.9 Å². The van der Waals surface area contributed by atoms with Crippen LogP contribution in [0.2, 0.25) is 0 Å². The average molecular weight is 224 g/mol. The van der Waals surface area contributed by atoms with Gasteiger partial charge in [0.25, 0.3) is 0 Å². The third-order valence-electron chi connectivity index (χ3n) is 2.01. The van der Waals surface area contributed by atoms with Crippen LogP contribution >= 0.6 is 0 Å². The van der Waals surface area contributed by atoms with Crippen LogP contribution in [-0.4, -0.2) is 39.3 Å². The van der Waals surface area contributed by atoms with E-state index in [4.69, 9.17) is 5.73 Å². The van der Waals surface area contributed by atoms with Crippen LogP contribution in [0, 0.1) is 0 Å². The second-order valence-electron chi connectivity index (χ2n) is 3.11. The minimum absolute atomic E-state index is 0.141. The Morgan fingerprint density at radius 1 is 1.21 bits per heavy atom. The molecule has 0 aromatic rings. The van der Waals surface area contributed by atoms with Crippen molar-refractivity contribution in [1.82, 2.24) is 4.47 Å². The van der Waals surface area contributed by atoms with Gasteiger partial charge >= 0.3 is 0 Å². The molecule has 0 unspecified atom stereocenters. The predicted molar refractivity (Wildman–Crippen MR) is 56.1 cm³/mol. The van der Waals surface area contributed by atoms with Crippen molar-refractivity contribution in [3.05, 3.63) is 0 Å². The van der Waals surface area contributed by atoms with E-state index in [1.807, 2.05) is 0 Å². The molecule has 14 heavy (non-hydrogen) atoms. The Kier molecular flexibility index (Phi) is 7.08.